The van der Waals surface area contributed by atoms with Gasteiger partial charge in [0.05, 0.1) is 10.0 Å². The maximum absolute atomic E-state index is 13.0. The number of carbonyl (C=O) groups excluding carboxylic acids is 1. The molecule has 2 aromatic rings. The third-order valence-electron chi connectivity index (χ3n) is 2.70. The van der Waals surface area contributed by atoms with Gasteiger partial charge >= 0.3 is 0 Å². The number of anilines is 1. The van der Waals surface area contributed by atoms with E-state index in [-0.39, 0.29) is 5.02 Å². The Bertz CT molecular complexity index is 664. The van der Waals surface area contributed by atoms with Crippen LogP contribution in [0, 0.1) is 5.82 Å². The average Bonchev–Trinajstić information content (AvgIpc) is 2.45. The second kappa shape index (κ2) is 6.78. The third kappa shape index (κ3) is 4.09. The molecule has 3 nitrogen and oxygen atoms in total. The number of hydrogen-bond acceptors (Lipinski definition) is 2. The van der Waals surface area contributed by atoms with E-state index in [0.717, 1.165) is 0 Å². The van der Waals surface area contributed by atoms with Crippen LogP contribution in [0.5, 0.6) is 5.75 Å². The lowest BCUT2D eigenvalue weighted by molar-refractivity contribution is -0.122. The summed E-state index contributed by atoms with van der Waals surface area (Å²) in [5.74, 6) is -0.522. The first-order chi connectivity index (χ1) is 9.97. The first-order valence-electron chi connectivity index (χ1n) is 6.14. The van der Waals surface area contributed by atoms with Gasteiger partial charge in [-0.3, -0.25) is 4.79 Å². The van der Waals surface area contributed by atoms with Crippen LogP contribution < -0.4 is 10.1 Å². The molecule has 2 rings (SSSR count). The molecule has 110 valence electrons. The van der Waals surface area contributed by atoms with Crippen LogP contribution in [0.2, 0.25) is 10.0 Å². The van der Waals surface area contributed by atoms with Crippen LogP contribution in [-0.4, -0.2) is 12.0 Å². The number of nitrogens with one attached hydrogen (secondary N) is 1. The molecule has 0 spiro atoms. The smallest absolute Gasteiger partial charge is 0.265 e. The van der Waals surface area contributed by atoms with E-state index in [9.17, 15) is 9.18 Å². The quantitative estimate of drug-likeness (QED) is 0.895. The SMILES string of the molecule is C[C@@H](Oc1ccccc1Cl)C(=O)Nc1ccc(F)c(Cl)c1. The van der Waals surface area contributed by atoms with Gasteiger partial charge in [-0.05, 0) is 37.3 Å². The lowest BCUT2D eigenvalue weighted by Gasteiger charge is -2.15. The zero-order valence-corrected chi connectivity index (χ0v) is 12.6. The molecular formula is C15H12Cl2FNO2. The van der Waals surface area contributed by atoms with E-state index < -0.39 is 17.8 Å². The molecule has 0 unspecified atom stereocenters. The van der Waals surface area contributed by atoms with Gasteiger partial charge in [0.15, 0.2) is 6.10 Å². The second-order valence-electron chi connectivity index (χ2n) is 4.31. The highest BCUT2D eigenvalue weighted by atomic mass is 35.5. The molecule has 0 bridgehead atoms. The Hall–Kier alpha value is -1.78. The van der Waals surface area contributed by atoms with Crippen LogP contribution in [0.4, 0.5) is 10.1 Å². The number of benzene rings is 2. The van der Waals surface area contributed by atoms with Crippen LogP contribution in [0.25, 0.3) is 0 Å². The van der Waals surface area contributed by atoms with E-state index in [1.165, 1.54) is 18.2 Å². The first kappa shape index (κ1) is 15.6. The molecule has 0 aromatic heterocycles. The summed E-state index contributed by atoms with van der Waals surface area (Å²) in [6.45, 7) is 1.59. The van der Waals surface area contributed by atoms with Gasteiger partial charge in [0.2, 0.25) is 0 Å². The topological polar surface area (TPSA) is 38.3 Å². The molecule has 0 radical (unpaired) electrons. The normalized spacial score (nSPS) is 11.8. The Morgan fingerprint density at radius 1 is 1.19 bits per heavy atom. The summed E-state index contributed by atoms with van der Waals surface area (Å²) in [5.41, 5.74) is 0.390. The third-order valence-corrected chi connectivity index (χ3v) is 3.30. The van der Waals surface area contributed by atoms with E-state index in [1.54, 1.807) is 31.2 Å². The minimum atomic E-state index is -0.770. The first-order valence-corrected chi connectivity index (χ1v) is 6.90. The molecule has 1 atom stereocenters. The van der Waals surface area contributed by atoms with E-state index in [4.69, 9.17) is 27.9 Å². The molecule has 0 aliphatic carbocycles. The predicted molar refractivity (Wildman–Crippen MR) is 81.6 cm³/mol. The highest BCUT2D eigenvalue weighted by molar-refractivity contribution is 6.32. The number of ether oxygens (including phenoxy) is 1. The van der Waals surface area contributed by atoms with Gasteiger partial charge in [0.1, 0.15) is 11.6 Å². The number of carbonyl (C=O) groups is 1. The molecule has 0 fully saturated rings. The van der Waals surface area contributed by atoms with Crippen molar-refractivity contribution < 1.29 is 13.9 Å². The monoisotopic (exact) mass is 327 g/mol. The minimum Gasteiger partial charge on any atom is -0.479 e. The zero-order chi connectivity index (χ0) is 15.4. The molecule has 0 saturated heterocycles. The molecule has 0 heterocycles. The fourth-order valence-electron chi connectivity index (χ4n) is 1.60. The Morgan fingerprint density at radius 2 is 1.90 bits per heavy atom. The average molecular weight is 328 g/mol. The van der Waals surface area contributed by atoms with Crippen molar-refractivity contribution in [2.75, 3.05) is 5.32 Å². The highest BCUT2D eigenvalue weighted by Crippen LogP contribution is 2.25. The summed E-state index contributed by atoms with van der Waals surface area (Å²) in [7, 11) is 0. The van der Waals surface area contributed by atoms with Crippen molar-refractivity contribution in [1.29, 1.82) is 0 Å². The number of halogens is 3. The summed E-state index contributed by atoms with van der Waals surface area (Å²) >= 11 is 11.6. The van der Waals surface area contributed by atoms with Crippen molar-refractivity contribution in [3.05, 3.63) is 58.3 Å². The molecule has 6 heteroatoms. The van der Waals surface area contributed by atoms with Crippen molar-refractivity contribution in [3.8, 4) is 5.75 Å². The lowest BCUT2D eigenvalue weighted by atomic mass is 10.3. The molecule has 2 aromatic carbocycles. The van der Waals surface area contributed by atoms with E-state index in [2.05, 4.69) is 5.32 Å². The summed E-state index contributed by atoms with van der Waals surface area (Å²) < 4.78 is 18.5. The van der Waals surface area contributed by atoms with Crippen molar-refractivity contribution in [2.45, 2.75) is 13.0 Å². The summed E-state index contributed by atoms with van der Waals surface area (Å²) in [6.07, 6.45) is -0.770. The maximum Gasteiger partial charge on any atom is 0.265 e. The molecular weight excluding hydrogens is 316 g/mol. The standard InChI is InChI=1S/C15H12Cl2FNO2/c1-9(21-14-5-3-2-4-11(14)16)15(20)19-10-6-7-13(18)12(17)8-10/h2-9H,1H3,(H,19,20)/t9-/m1/s1. The molecule has 1 N–H and O–H groups in total. The molecule has 21 heavy (non-hydrogen) atoms. The van der Waals surface area contributed by atoms with Crippen LogP contribution in [-0.2, 0) is 4.79 Å². The van der Waals surface area contributed by atoms with E-state index in [0.29, 0.717) is 16.5 Å². The molecule has 1 amide bonds. The fraction of sp³-hybridized carbons (Fsp3) is 0.133. The van der Waals surface area contributed by atoms with Gasteiger partial charge in [-0.25, -0.2) is 4.39 Å². The number of amides is 1. The van der Waals surface area contributed by atoms with Gasteiger partial charge in [0, 0.05) is 5.69 Å². The Kier molecular flexibility index (Phi) is 5.04. The van der Waals surface area contributed by atoms with Gasteiger partial charge in [-0.1, -0.05) is 35.3 Å². The Labute approximate surface area is 131 Å². The van der Waals surface area contributed by atoms with Crippen molar-refractivity contribution in [3.63, 3.8) is 0 Å². The van der Waals surface area contributed by atoms with Crippen LogP contribution >= 0.6 is 23.2 Å². The Balaban J connectivity index is 2.02. The van der Waals surface area contributed by atoms with Gasteiger partial charge < -0.3 is 10.1 Å². The van der Waals surface area contributed by atoms with Crippen molar-refractivity contribution in [2.24, 2.45) is 0 Å². The van der Waals surface area contributed by atoms with Crippen LogP contribution in [0.15, 0.2) is 42.5 Å². The van der Waals surface area contributed by atoms with Crippen molar-refractivity contribution in [1.82, 2.24) is 0 Å². The van der Waals surface area contributed by atoms with E-state index in [1.807, 2.05) is 0 Å². The molecule has 0 aliphatic heterocycles. The van der Waals surface area contributed by atoms with Crippen molar-refractivity contribution >= 4 is 34.8 Å². The summed E-state index contributed by atoms with van der Waals surface area (Å²) in [4.78, 5) is 12.0. The minimum absolute atomic E-state index is 0.0625. The molecule has 0 aliphatic rings. The summed E-state index contributed by atoms with van der Waals surface area (Å²) in [5, 5.41) is 2.95. The highest BCUT2D eigenvalue weighted by Gasteiger charge is 2.16. The lowest BCUT2D eigenvalue weighted by Crippen LogP contribution is -2.30. The Morgan fingerprint density at radius 3 is 2.57 bits per heavy atom. The van der Waals surface area contributed by atoms with Gasteiger partial charge in [-0.15, -0.1) is 0 Å². The van der Waals surface area contributed by atoms with Gasteiger partial charge in [-0.2, -0.15) is 0 Å². The fourth-order valence-corrected chi connectivity index (χ4v) is 1.96. The largest absolute Gasteiger partial charge is 0.479 e. The summed E-state index contributed by atoms with van der Waals surface area (Å²) in [6, 6.07) is 10.8. The van der Waals surface area contributed by atoms with Crippen LogP contribution in [0.1, 0.15) is 6.92 Å². The molecule has 0 saturated carbocycles. The predicted octanol–water partition coefficient (Wildman–Crippen LogP) is 4.54. The van der Waals surface area contributed by atoms with E-state index >= 15 is 0 Å². The second-order valence-corrected chi connectivity index (χ2v) is 5.12. The van der Waals surface area contributed by atoms with Crippen LogP contribution in [0.3, 0.4) is 0 Å². The van der Waals surface area contributed by atoms with Gasteiger partial charge in [0.25, 0.3) is 5.91 Å². The maximum atomic E-state index is 13.0. The number of rotatable bonds is 4. The number of para-hydroxylation sites is 1. The zero-order valence-electron chi connectivity index (χ0n) is 11.1. The number of hydrogen-bond donors (Lipinski definition) is 1.